The van der Waals surface area contributed by atoms with Gasteiger partial charge < -0.3 is 10.1 Å². The molecule has 2 aliphatic rings. The van der Waals surface area contributed by atoms with Gasteiger partial charge in [-0.05, 0) is 32.9 Å². The Hall–Kier alpha value is -1.04. The number of nitrogens with one attached hydrogen (secondary N) is 1. The van der Waals surface area contributed by atoms with E-state index in [0.717, 1.165) is 37.3 Å². The molecular formula is C14H22N4O. The first-order valence-electron chi connectivity index (χ1n) is 7.11. The number of morpholine rings is 1. The molecule has 0 amide bonds. The van der Waals surface area contributed by atoms with Gasteiger partial charge in [0.2, 0.25) is 0 Å². The normalized spacial score (nSPS) is 28.5. The summed E-state index contributed by atoms with van der Waals surface area (Å²) < 4.78 is 5.97. The molecule has 0 spiro atoms. The van der Waals surface area contributed by atoms with Crippen LogP contribution in [0.2, 0.25) is 0 Å². The van der Waals surface area contributed by atoms with Gasteiger partial charge in [0.15, 0.2) is 0 Å². The SMILES string of the molecule is CNCC1OCCN(C2CC2)C1c1ccnc(C)n1. The Morgan fingerprint density at radius 1 is 1.47 bits per heavy atom. The van der Waals surface area contributed by atoms with Crippen LogP contribution in [0.3, 0.4) is 0 Å². The number of hydrogen-bond donors (Lipinski definition) is 1. The Kier molecular flexibility index (Phi) is 3.77. The molecule has 1 saturated heterocycles. The average molecular weight is 262 g/mol. The number of likely N-dealkylation sites (N-methyl/N-ethyl adjacent to an activating group) is 1. The first-order valence-corrected chi connectivity index (χ1v) is 7.11. The summed E-state index contributed by atoms with van der Waals surface area (Å²) in [5.41, 5.74) is 1.10. The Labute approximate surface area is 114 Å². The summed E-state index contributed by atoms with van der Waals surface area (Å²) in [6.07, 6.45) is 4.65. The van der Waals surface area contributed by atoms with Crippen molar-refractivity contribution in [3.05, 3.63) is 23.8 Å². The highest BCUT2D eigenvalue weighted by atomic mass is 16.5. The lowest BCUT2D eigenvalue weighted by molar-refractivity contribution is -0.0754. The van der Waals surface area contributed by atoms with Crippen LogP contribution in [-0.2, 0) is 4.74 Å². The molecule has 104 valence electrons. The lowest BCUT2D eigenvalue weighted by Crippen LogP contribution is -2.49. The van der Waals surface area contributed by atoms with Gasteiger partial charge in [0.05, 0.1) is 24.4 Å². The van der Waals surface area contributed by atoms with Gasteiger partial charge in [0, 0.05) is 25.3 Å². The number of nitrogens with zero attached hydrogens (tertiary/aromatic N) is 3. The van der Waals surface area contributed by atoms with Crippen molar-refractivity contribution in [2.45, 2.75) is 38.0 Å². The van der Waals surface area contributed by atoms with Crippen LogP contribution >= 0.6 is 0 Å². The number of rotatable bonds is 4. The fraction of sp³-hybridized carbons (Fsp3) is 0.714. The van der Waals surface area contributed by atoms with E-state index in [1.54, 1.807) is 0 Å². The first-order chi connectivity index (χ1) is 9.29. The molecule has 0 aromatic carbocycles. The summed E-state index contributed by atoms with van der Waals surface area (Å²) >= 11 is 0. The minimum Gasteiger partial charge on any atom is -0.374 e. The highest BCUT2D eigenvalue weighted by Crippen LogP contribution is 2.38. The van der Waals surface area contributed by atoms with E-state index in [0.29, 0.717) is 0 Å². The summed E-state index contributed by atoms with van der Waals surface area (Å²) in [4.78, 5) is 11.4. The van der Waals surface area contributed by atoms with Crippen LogP contribution < -0.4 is 5.32 Å². The minimum absolute atomic E-state index is 0.175. The van der Waals surface area contributed by atoms with E-state index in [9.17, 15) is 0 Å². The highest BCUT2D eigenvalue weighted by molar-refractivity contribution is 5.13. The molecule has 3 rings (SSSR count). The maximum absolute atomic E-state index is 5.97. The lowest BCUT2D eigenvalue weighted by atomic mass is 10.0. The molecule has 1 aromatic rings. The van der Waals surface area contributed by atoms with Gasteiger partial charge >= 0.3 is 0 Å². The minimum atomic E-state index is 0.175. The first kappa shape index (κ1) is 13.0. The molecule has 1 saturated carbocycles. The van der Waals surface area contributed by atoms with Crippen molar-refractivity contribution in [2.24, 2.45) is 0 Å². The second kappa shape index (κ2) is 5.53. The van der Waals surface area contributed by atoms with Crippen molar-refractivity contribution in [3.8, 4) is 0 Å². The van der Waals surface area contributed by atoms with Gasteiger partial charge in [-0.1, -0.05) is 0 Å². The van der Waals surface area contributed by atoms with Gasteiger partial charge in [0.25, 0.3) is 0 Å². The third kappa shape index (κ3) is 2.78. The van der Waals surface area contributed by atoms with E-state index in [4.69, 9.17) is 4.74 Å². The summed E-state index contributed by atoms with van der Waals surface area (Å²) in [7, 11) is 1.97. The van der Waals surface area contributed by atoms with Gasteiger partial charge in [-0.3, -0.25) is 4.90 Å². The third-order valence-electron chi connectivity index (χ3n) is 3.91. The van der Waals surface area contributed by atoms with Crippen LogP contribution in [-0.4, -0.2) is 53.8 Å². The van der Waals surface area contributed by atoms with Gasteiger partial charge in [0.1, 0.15) is 5.82 Å². The largest absolute Gasteiger partial charge is 0.374 e. The molecule has 19 heavy (non-hydrogen) atoms. The van der Waals surface area contributed by atoms with Crippen LogP contribution in [0.1, 0.15) is 30.4 Å². The van der Waals surface area contributed by atoms with Crippen LogP contribution in [0.4, 0.5) is 0 Å². The monoisotopic (exact) mass is 262 g/mol. The molecule has 2 unspecified atom stereocenters. The average Bonchev–Trinajstić information content (AvgIpc) is 3.23. The van der Waals surface area contributed by atoms with E-state index in [1.807, 2.05) is 26.2 Å². The van der Waals surface area contributed by atoms with Gasteiger partial charge in [-0.15, -0.1) is 0 Å². The summed E-state index contributed by atoms with van der Waals surface area (Å²) in [6, 6.07) is 3.02. The fourth-order valence-electron chi connectivity index (χ4n) is 2.94. The number of hydrogen-bond acceptors (Lipinski definition) is 5. The summed E-state index contributed by atoms with van der Waals surface area (Å²) in [5.74, 6) is 0.835. The molecule has 2 heterocycles. The smallest absolute Gasteiger partial charge is 0.125 e. The Morgan fingerprint density at radius 3 is 3.00 bits per heavy atom. The Balaban J connectivity index is 1.89. The van der Waals surface area contributed by atoms with Crippen LogP contribution in [0.25, 0.3) is 0 Å². The van der Waals surface area contributed by atoms with Crippen LogP contribution in [0.15, 0.2) is 12.3 Å². The zero-order chi connectivity index (χ0) is 13.2. The van der Waals surface area contributed by atoms with Crippen molar-refractivity contribution in [1.82, 2.24) is 20.2 Å². The molecule has 1 aliphatic heterocycles. The molecular weight excluding hydrogens is 240 g/mol. The zero-order valence-corrected chi connectivity index (χ0v) is 11.7. The predicted octanol–water partition coefficient (Wildman–Crippen LogP) is 0.909. The van der Waals surface area contributed by atoms with E-state index in [1.165, 1.54) is 12.8 Å². The number of ether oxygens (including phenoxy) is 1. The lowest BCUT2D eigenvalue weighted by Gasteiger charge is -2.41. The molecule has 2 fully saturated rings. The molecule has 5 heteroatoms. The Morgan fingerprint density at radius 2 is 2.32 bits per heavy atom. The summed E-state index contributed by atoms with van der Waals surface area (Å²) in [6.45, 7) is 4.64. The van der Waals surface area contributed by atoms with E-state index in [-0.39, 0.29) is 12.1 Å². The topological polar surface area (TPSA) is 50.3 Å². The molecule has 0 bridgehead atoms. The maximum Gasteiger partial charge on any atom is 0.125 e. The molecule has 1 N–H and O–H groups in total. The number of aryl methyl sites for hydroxylation is 1. The number of aromatic nitrogens is 2. The van der Waals surface area contributed by atoms with Crippen molar-refractivity contribution < 1.29 is 4.74 Å². The molecule has 0 radical (unpaired) electrons. The molecule has 2 atom stereocenters. The zero-order valence-electron chi connectivity index (χ0n) is 11.7. The van der Waals surface area contributed by atoms with E-state index in [2.05, 4.69) is 20.2 Å². The van der Waals surface area contributed by atoms with E-state index >= 15 is 0 Å². The second-order valence-corrected chi connectivity index (χ2v) is 5.41. The van der Waals surface area contributed by atoms with Crippen molar-refractivity contribution >= 4 is 0 Å². The van der Waals surface area contributed by atoms with Crippen molar-refractivity contribution in [3.63, 3.8) is 0 Å². The maximum atomic E-state index is 5.97. The second-order valence-electron chi connectivity index (χ2n) is 5.41. The standard InChI is InChI=1S/C14H22N4O/c1-10-16-6-5-12(17-10)14-13(9-15-2)19-8-7-18(14)11-3-4-11/h5-6,11,13-15H,3-4,7-9H2,1-2H3. The van der Waals surface area contributed by atoms with Crippen LogP contribution in [0.5, 0.6) is 0 Å². The predicted molar refractivity (Wildman–Crippen MR) is 72.9 cm³/mol. The van der Waals surface area contributed by atoms with Crippen molar-refractivity contribution in [1.29, 1.82) is 0 Å². The quantitative estimate of drug-likeness (QED) is 0.874. The summed E-state index contributed by atoms with van der Waals surface area (Å²) in [5, 5.41) is 3.24. The Bertz CT molecular complexity index is 433. The van der Waals surface area contributed by atoms with Crippen LogP contribution in [0, 0.1) is 6.92 Å². The third-order valence-corrected chi connectivity index (χ3v) is 3.91. The van der Waals surface area contributed by atoms with Gasteiger partial charge in [-0.25, -0.2) is 9.97 Å². The van der Waals surface area contributed by atoms with Crippen molar-refractivity contribution in [2.75, 3.05) is 26.7 Å². The fourth-order valence-corrected chi connectivity index (χ4v) is 2.94. The van der Waals surface area contributed by atoms with E-state index < -0.39 is 0 Å². The molecule has 1 aromatic heterocycles. The van der Waals surface area contributed by atoms with Gasteiger partial charge in [-0.2, -0.15) is 0 Å². The highest BCUT2D eigenvalue weighted by Gasteiger charge is 2.41. The molecule has 1 aliphatic carbocycles. The molecule has 5 nitrogen and oxygen atoms in total.